The Kier molecular flexibility index (Phi) is 5.51. The van der Waals surface area contributed by atoms with Crippen molar-refractivity contribution in [2.75, 3.05) is 13.2 Å². The highest BCUT2D eigenvalue weighted by atomic mass is 16.5. The zero-order chi connectivity index (χ0) is 18.7. The molecule has 3 heterocycles. The molecular weight excluding hydrogens is 336 g/mol. The van der Waals surface area contributed by atoms with E-state index in [-0.39, 0.29) is 23.1 Å². The fourth-order valence-corrected chi connectivity index (χ4v) is 3.24. The number of pyridine rings is 1. The van der Waals surface area contributed by atoms with Gasteiger partial charge in [0.1, 0.15) is 5.56 Å². The smallest absolute Gasteiger partial charge is 0.263 e. The minimum absolute atomic E-state index is 0.0331. The number of rotatable bonds is 6. The molecule has 1 aliphatic rings. The highest BCUT2D eigenvalue weighted by Crippen LogP contribution is 2.15. The summed E-state index contributed by atoms with van der Waals surface area (Å²) < 4.78 is 12.3. The van der Waals surface area contributed by atoms with Crippen molar-refractivity contribution in [1.82, 2.24) is 20.0 Å². The van der Waals surface area contributed by atoms with Crippen molar-refractivity contribution in [2.24, 2.45) is 0 Å². The van der Waals surface area contributed by atoms with Crippen LogP contribution in [0.2, 0.25) is 0 Å². The maximum Gasteiger partial charge on any atom is 0.263 e. The molecule has 2 aromatic heterocycles. The number of hydrogen-bond donors (Lipinski definition) is 1. The van der Waals surface area contributed by atoms with E-state index in [1.165, 1.54) is 0 Å². The monoisotopic (exact) mass is 360 g/mol. The van der Waals surface area contributed by atoms with Gasteiger partial charge in [0.05, 0.1) is 12.6 Å². The molecule has 1 amide bonds. The van der Waals surface area contributed by atoms with Gasteiger partial charge in [-0.3, -0.25) is 9.59 Å². The normalized spacial score (nSPS) is 16.8. The van der Waals surface area contributed by atoms with Crippen molar-refractivity contribution in [3.63, 3.8) is 0 Å². The third kappa shape index (κ3) is 4.01. The van der Waals surface area contributed by atoms with Crippen molar-refractivity contribution in [3.8, 4) is 0 Å². The number of carbonyl (C=O) groups excluding carboxylic acids is 1. The minimum atomic E-state index is -0.384. The van der Waals surface area contributed by atoms with E-state index in [1.807, 2.05) is 13.0 Å². The molecule has 1 atom stereocenters. The van der Waals surface area contributed by atoms with Crippen LogP contribution in [0.5, 0.6) is 0 Å². The van der Waals surface area contributed by atoms with Crippen LogP contribution in [0.25, 0.3) is 0 Å². The highest BCUT2D eigenvalue weighted by molar-refractivity contribution is 5.95. The third-order valence-corrected chi connectivity index (χ3v) is 4.54. The Bertz CT molecular complexity index is 849. The molecule has 3 rings (SSSR count). The van der Waals surface area contributed by atoms with E-state index in [1.54, 1.807) is 18.4 Å². The second-order valence-corrected chi connectivity index (χ2v) is 6.64. The van der Waals surface area contributed by atoms with Crippen LogP contribution < -0.4 is 10.9 Å². The van der Waals surface area contributed by atoms with Crippen LogP contribution in [-0.4, -0.2) is 39.9 Å². The van der Waals surface area contributed by atoms with Gasteiger partial charge in [-0.2, -0.15) is 4.98 Å². The highest BCUT2D eigenvalue weighted by Gasteiger charge is 2.21. The lowest BCUT2D eigenvalue weighted by atomic mass is 10.1. The average molecular weight is 360 g/mol. The number of amides is 1. The molecule has 2 aromatic rings. The molecule has 0 radical (unpaired) electrons. The lowest BCUT2D eigenvalue weighted by molar-refractivity contribution is 0.0927. The summed E-state index contributed by atoms with van der Waals surface area (Å²) in [5.41, 5.74) is 1.41. The number of ether oxygens (including phenoxy) is 1. The fraction of sp³-hybridized carbons (Fsp3) is 0.556. The zero-order valence-electron chi connectivity index (χ0n) is 15.4. The van der Waals surface area contributed by atoms with E-state index in [4.69, 9.17) is 9.26 Å². The molecule has 0 spiro atoms. The first-order valence-electron chi connectivity index (χ1n) is 8.85. The summed E-state index contributed by atoms with van der Waals surface area (Å²) in [5.74, 6) is 0.627. The number of hydrogen-bond acceptors (Lipinski definition) is 6. The molecule has 140 valence electrons. The van der Waals surface area contributed by atoms with E-state index in [0.29, 0.717) is 36.8 Å². The molecule has 26 heavy (non-hydrogen) atoms. The van der Waals surface area contributed by atoms with Crippen LogP contribution in [0.1, 0.15) is 46.2 Å². The standard InChI is InChI=1S/C18H24N4O4/c1-11-9-12(2)22(10-14-5-4-8-25-14)18(24)16(11)17(23)19-7-6-15-20-13(3)21-26-15/h9,14H,4-8,10H2,1-3H3,(H,19,23)/t14-/m1/s1. The Balaban J connectivity index is 1.72. The Morgan fingerprint density at radius 2 is 2.19 bits per heavy atom. The predicted octanol–water partition coefficient (Wildman–Crippen LogP) is 1.31. The lowest BCUT2D eigenvalue weighted by Gasteiger charge is -2.17. The van der Waals surface area contributed by atoms with Gasteiger partial charge in [0.15, 0.2) is 5.82 Å². The summed E-state index contributed by atoms with van der Waals surface area (Å²) in [5, 5.41) is 6.47. The molecule has 0 unspecified atom stereocenters. The predicted molar refractivity (Wildman–Crippen MR) is 94.2 cm³/mol. The van der Waals surface area contributed by atoms with Crippen molar-refractivity contribution >= 4 is 5.91 Å². The van der Waals surface area contributed by atoms with Gasteiger partial charge >= 0.3 is 0 Å². The average Bonchev–Trinajstić information content (AvgIpc) is 3.23. The number of aryl methyl sites for hydroxylation is 3. The van der Waals surface area contributed by atoms with Gasteiger partial charge in [0, 0.05) is 25.3 Å². The van der Waals surface area contributed by atoms with Gasteiger partial charge in [-0.1, -0.05) is 5.16 Å². The molecule has 1 aliphatic heterocycles. The number of nitrogens with zero attached hydrogens (tertiary/aromatic N) is 3. The quantitative estimate of drug-likeness (QED) is 0.834. The second kappa shape index (κ2) is 7.82. The lowest BCUT2D eigenvalue weighted by Crippen LogP contribution is -2.37. The van der Waals surface area contributed by atoms with E-state index in [2.05, 4.69) is 15.5 Å². The summed E-state index contributed by atoms with van der Waals surface area (Å²) >= 11 is 0. The molecule has 0 bridgehead atoms. The molecule has 0 saturated carbocycles. The van der Waals surface area contributed by atoms with Gasteiger partial charge in [0.25, 0.3) is 11.5 Å². The van der Waals surface area contributed by atoms with Crippen LogP contribution in [0.4, 0.5) is 0 Å². The first-order valence-corrected chi connectivity index (χ1v) is 8.85. The van der Waals surface area contributed by atoms with E-state index in [0.717, 1.165) is 25.1 Å². The first-order chi connectivity index (χ1) is 12.5. The van der Waals surface area contributed by atoms with E-state index >= 15 is 0 Å². The van der Waals surface area contributed by atoms with Crippen molar-refractivity contribution in [1.29, 1.82) is 0 Å². The van der Waals surface area contributed by atoms with Crippen LogP contribution >= 0.6 is 0 Å². The number of carbonyl (C=O) groups is 1. The Morgan fingerprint density at radius 3 is 2.85 bits per heavy atom. The summed E-state index contributed by atoms with van der Waals surface area (Å²) in [4.78, 5) is 29.5. The third-order valence-electron chi connectivity index (χ3n) is 4.54. The Morgan fingerprint density at radius 1 is 1.38 bits per heavy atom. The van der Waals surface area contributed by atoms with Crippen molar-refractivity contribution < 1.29 is 14.1 Å². The molecule has 1 fully saturated rings. The topological polar surface area (TPSA) is 99.3 Å². The van der Waals surface area contributed by atoms with Crippen LogP contribution in [0.15, 0.2) is 15.4 Å². The summed E-state index contributed by atoms with van der Waals surface area (Å²) in [7, 11) is 0. The van der Waals surface area contributed by atoms with Gasteiger partial charge < -0.3 is 19.1 Å². The van der Waals surface area contributed by atoms with Gasteiger partial charge in [0.2, 0.25) is 5.89 Å². The summed E-state index contributed by atoms with van der Waals surface area (Å²) in [6.07, 6.45) is 2.39. The molecule has 1 saturated heterocycles. The molecule has 1 N–H and O–H groups in total. The van der Waals surface area contributed by atoms with Crippen LogP contribution in [0, 0.1) is 20.8 Å². The molecule has 0 aromatic carbocycles. The number of nitrogens with one attached hydrogen (secondary N) is 1. The van der Waals surface area contributed by atoms with Gasteiger partial charge in [-0.05, 0) is 45.2 Å². The summed E-state index contributed by atoms with van der Waals surface area (Å²) in [6.45, 7) is 6.92. The van der Waals surface area contributed by atoms with Gasteiger partial charge in [-0.25, -0.2) is 0 Å². The largest absolute Gasteiger partial charge is 0.376 e. The molecular formula is C18H24N4O4. The Hall–Kier alpha value is -2.48. The van der Waals surface area contributed by atoms with E-state index < -0.39 is 0 Å². The van der Waals surface area contributed by atoms with Crippen LogP contribution in [-0.2, 0) is 17.7 Å². The number of aromatic nitrogens is 3. The van der Waals surface area contributed by atoms with Gasteiger partial charge in [-0.15, -0.1) is 0 Å². The maximum atomic E-state index is 12.9. The molecule has 8 nitrogen and oxygen atoms in total. The maximum absolute atomic E-state index is 12.9. The first kappa shape index (κ1) is 18.3. The minimum Gasteiger partial charge on any atom is -0.376 e. The zero-order valence-corrected chi connectivity index (χ0v) is 15.4. The van der Waals surface area contributed by atoms with Crippen LogP contribution in [0.3, 0.4) is 0 Å². The summed E-state index contributed by atoms with van der Waals surface area (Å²) in [6, 6.07) is 1.87. The molecule has 8 heteroatoms. The fourth-order valence-electron chi connectivity index (χ4n) is 3.24. The van der Waals surface area contributed by atoms with Crippen molar-refractivity contribution in [2.45, 2.75) is 52.7 Å². The molecule has 0 aliphatic carbocycles. The van der Waals surface area contributed by atoms with E-state index in [9.17, 15) is 9.59 Å². The Labute approximate surface area is 151 Å². The van der Waals surface area contributed by atoms with Crippen molar-refractivity contribution in [3.05, 3.63) is 45.0 Å². The SMILES string of the molecule is Cc1noc(CCNC(=O)c2c(C)cc(C)n(C[C@H]3CCCO3)c2=O)n1. The second-order valence-electron chi connectivity index (χ2n) is 6.64.